The Hall–Kier alpha value is -3.31. The molecule has 0 fully saturated rings. The minimum atomic E-state index is -0.771. The van der Waals surface area contributed by atoms with Crippen LogP contribution in [0.2, 0.25) is 0 Å². The second-order valence-electron chi connectivity index (χ2n) is 8.02. The number of carboxylic acids is 1. The number of carbonyl (C=O) groups is 1. The zero-order chi connectivity index (χ0) is 21.8. The van der Waals surface area contributed by atoms with Gasteiger partial charge < -0.3 is 14.6 Å². The summed E-state index contributed by atoms with van der Waals surface area (Å²) in [6.45, 7) is 0. The minimum Gasteiger partial charge on any atom is -0.481 e. The molecule has 0 amide bonds. The van der Waals surface area contributed by atoms with Gasteiger partial charge in [-0.05, 0) is 60.2 Å². The van der Waals surface area contributed by atoms with Crippen molar-refractivity contribution in [2.24, 2.45) is 0 Å². The number of anilines is 1. The monoisotopic (exact) mass is 449 g/mol. The molecule has 0 spiro atoms. The van der Waals surface area contributed by atoms with Gasteiger partial charge in [-0.15, -0.1) is 12.4 Å². The molecule has 4 rings (SSSR count). The van der Waals surface area contributed by atoms with Crippen molar-refractivity contribution in [1.29, 1.82) is 0 Å². The van der Waals surface area contributed by atoms with Gasteiger partial charge in [-0.2, -0.15) is 0 Å². The van der Waals surface area contributed by atoms with Gasteiger partial charge in [-0.3, -0.25) is 4.79 Å². The molecule has 0 aliphatic carbocycles. The van der Waals surface area contributed by atoms with Crippen molar-refractivity contribution in [3.05, 3.63) is 89.7 Å². The first kappa shape index (κ1) is 23.4. The lowest BCUT2D eigenvalue weighted by Crippen LogP contribution is -2.09. The maximum absolute atomic E-state index is 11.0. The van der Waals surface area contributed by atoms with Crippen molar-refractivity contribution in [2.75, 3.05) is 19.0 Å². The molecule has 0 saturated heterocycles. The Balaban J connectivity index is 0.00000289. The predicted octanol–water partition coefficient (Wildman–Crippen LogP) is 5.32. The van der Waals surface area contributed by atoms with Gasteiger partial charge in [0, 0.05) is 32.1 Å². The van der Waals surface area contributed by atoms with Gasteiger partial charge in [0.2, 0.25) is 0 Å². The van der Waals surface area contributed by atoms with Crippen LogP contribution in [-0.2, 0) is 24.1 Å². The van der Waals surface area contributed by atoms with Gasteiger partial charge in [0.15, 0.2) is 0 Å². The van der Waals surface area contributed by atoms with E-state index in [1.54, 1.807) is 0 Å². The van der Waals surface area contributed by atoms with E-state index in [-0.39, 0.29) is 18.8 Å². The maximum atomic E-state index is 11.0. The lowest BCUT2D eigenvalue weighted by atomic mass is 10.0. The molecule has 5 nitrogen and oxygen atoms in total. The number of aromatic nitrogens is 2. The second kappa shape index (κ2) is 10.3. The number of aryl methyl sites for hydroxylation is 3. The number of nitrogens with zero attached hydrogens (tertiary/aromatic N) is 3. The number of halogens is 1. The Morgan fingerprint density at radius 2 is 1.75 bits per heavy atom. The van der Waals surface area contributed by atoms with E-state index in [0.717, 1.165) is 40.8 Å². The average molecular weight is 450 g/mol. The fraction of sp³-hybridized carbons (Fsp3) is 0.231. The minimum absolute atomic E-state index is 0. The van der Waals surface area contributed by atoms with Crippen LogP contribution < -0.4 is 4.90 Å². The molecule has 0 radical (unpaired) electrons. The van der Waals surface area contributed by atoms with E-state index in [1.165, 1.54) is 11.1 Å². The van der Waals surface area contributed by atoms with Crippen molar-refractivity contribution in [1.82, 2.24) is 9.55 Å². The van der Waals surface area contributed by atoms with Crippen LogP contribution in [0.5, 0.6) is 0 Å². The summed E-state index contributed by atoms with van der Waals surface area (Å²) >= 11 is 0. The highest BCUT2D eigenvalue weighted by atomic mass is 35.5. The summed E-state index contributed by atoms with van der Waals surface area (Å²) in [6.07, 6.45) is 6.58. The number of hydrogen-bond acceptors (Lipinski definition) is 3. The Kier molecular flexibility index (Phi) is 7.54. The molecule has 0 bridgehead atoms. The number of aliphatic carboxylic acids is 1. The molecule has 2 aromatic heterocycles. The summed E-state index contributed by atoms with van der Waals surface area (Å²) in [6, 6.07) is 20.8. The smallest absolute Gasteiger partial charge is 0.303 e. The van der Waals surface area contributed by atoms with E-state index in [9.17, 15) is 4.79 Å². The molecule has 2 heterocycles. The lowest BCUT2D eigenvalue weighted by Gasteiger charge is -2.12. The topological polar surface area (TPSA) is 58.4 Å². The van der Waals surface area contributed by atoms with Crippen molar-refractivity contribution in [3.63, 3.8) is 0 Å². The lowest BCUT2D eigenvalue weighted by molar-refractivity contribution is -0.136. The highest BCUT2D eigenvalue weighted by molar-refractivity contribution is 5.86. The quantitative estimate of drug-likeness (QED) is 0.395. The SMILES string of the molecule is CN(C)c1ccc(-n2cc(CCc3ccccc3)c3cc(CCC(=O)O)ccc32)nc1.Cl. The number of fused-ring (bicyclic) bond motifs is 1. The molecule has 0 aliphatic rings. The van der Waals surface area contributed by atoms with Gasteiger partial charge >= 0.3 is 5.97 Å². The van der Waals surface area contributed by atoms with Crippen LogP contribution >= 0.6 is 12.4 Å². The molecule has 1 N–H and O–H groups in total. The highest BCUT2D eigenvalue weighted by Crippen LogP contribution is 2.28. The van der Waals surface area contributed by atoms with Crippen molar-refractivity contribution < 1.29 is 9.90 Å². The Bertz CT molecular complexity index is 1190. The molecule has 0 aliphatic heterocycles. The van der Waals surface area contributed by atoms with Gasteiger partial charge in [0.1, 0.15) is 5.82 Å². The fourth-order valence-electron chi connectivity index (χ4n) is 3.85. The van der Waals surface area contributed by atoms with Crippen molar-refractivity contribution >= 4 is 35.0 Å². The molecule has 166 valence electrons. The van der Waals surface area contributed by atoms with Gasteiger partial charge in [0.25, 0.3) is 0 Å². The first-order valence-corrected chi connectivity index (χ1v) is 10.5. The summed E-state index contributed by atoms with van der Waals surface area (Å²) in [4.78, 5) is 17.7. The first-order chi connectivity index (χ1) is 15.0. The van der Waals surface area contributed by atoms with Gasteiger partial charge in [0.05, 0.1) is 17.4 Å². The summed E-state index contributed by atoms with van der Waals surface area (Å²) in [7, 11) is 4.00. The summed E-state index contributed by atoms with van der Waals surface area (Å²) in [5.74, 6) is 0.104. The molecule has 0 unspecified atom stereocenters. The van der Waals surface area contributed by atoms with E-state index in [1.807, 2.05) is 43.4 Å². The normalized spacial score (nSPS) is 10.7. The average Bonchev–Trinajstić information content (AvgIpc) is 3.15. The molecule has 2 aromatic carbocycles. The maximum Gasteiger partial charge on any atom is 0.303 e. The molecular weight excluding hydrogens is 422 g/mol. The third-order valence-corrected chi connectivity index (χ3v) is 5.60. The van der Waals surface area contributed by atoms with Crippen LogP contribution in [0.25, 0.3) is 16.7 Å². The van der Waals surface area contributed by atoms with Crippen LogP contribution in [-0.4, -0.2) is 34.7 Å². The van der Waals surface area contributed by atoms with E-state index in [4.69, 9.17) is 5.11 Å². The number of hydrogen-bond donors (Lipinski definition) is 1. The van der Waals surface area contributed by atoms with Crippen LogP contribution in [0.4, 0.5) is 5.69 Å². The molecule has 0 saturated carbocycles. The number of benzene rings is 2. The molecule has 32 heavy (non-hydrogen) atoms. The third kappa shape index (κ3) is 5.29. The Morgan fingerprint density at radius 3 is 2.41 bits per heavy atom. The Morgan fingerprint density at radius 1 is 0.969 bits per heavy atom. The van der Waals surface area contributed by atoms with Crippen LogP contribution in [0, 0.1) is 0 Å². The number of pyridine rings is 1. The fourth-order valence-corrected chi connectivity index (χ4v) is 3.85. The highest BCUT2D eigenvalue weighted by Gasteiger charge is 2.13. The Labute approximate surface area is 194 Å². The third-order valence-electron chi connectivity index (χ3n) is 5.60. The van der Waals surface area contributed by atoms with Crippen LogP contribution in [0.3, 0.4) is 0 Å². The van der Waals surface area contributed by atoms with Crippen molar-refractivity contribution in [3.8, 4) is 5.82 Å². The standard InChI is InChI=1S/C26H27N3O2.ClH/c1-28(2)22-12-14-25(27-17-22)29-18-21(11-8-19-6-4-3-5-7-19)23-16-20(9-13-24(23)29)10-15-26(30)31;/h3-7,9,12-14,16-18H,8,10-11,15H2,1-2H3,(H,30,31);1H. The number of carboxylic acid groups (broad SMARTS) is 1. The van der Waals surface area contributed by atoms with Crippen LogP contribution in [0.1, 0.15) is 23.1 Å². The largest absolute Gasteiger partial charge is 0.481 e. The predicted molar refractivity (Wildman–Crippen MR) is 132 cm³/mol. The first-order valence-electron chi connectivity index (χ1n) is 10.5. The second-order valence-corrected chi connectivity index (χ2v) is 8.02. The molecular formula is C26H28ClN3O2. The summed E-state index contributed by atoms with van der Waals surface area (Å²) < 4.78 is 2.13. The summed E-state index contributed by atoms with van der Waals surface area (Å²) in [5.41, 5.74) is 5.74. The van der Waals surface area contributed by atoms with Gasteiger partial charge in [-0.25, -0.2) is 4.98 Å². The molecule has 4 aromatic rings. The van der Waals surface area contributed by atoms with Crippen molar-refractivity contribution in [2.45, 2.75) is 25.7 Å². The van der Waals surface area contributed by atoms with Gasteiger partial charge in [-0.1, -0.05) is 36.4 Å². The summed E-state index contributed by atoms with van der Waals surface area (Å²) in [5, 5.41) is 10.2. The van der Waals surface area contributed by atoms with Crippen LogP contribution in [0.15, 0.2) is 73.1 Å². The zero-order valence-corrected chi connectivity index (χ0v) is 19.2. The molecule has 0 atom stereocenters. The molecule has 6 heteroatoms. The van der Waals surface area contributed by atoms with E-state index < -0.39 is 5.97 Å². The number of rotatable bonds is 8. The van der Waals surface area contributed by atoms with E-state index >= 15 is 0 Å². The zero-order valence-electron chi connectivity index (χ0n) is 18.4. The van der Waals surface area contributed by atoms with E-state index in [0.29, 0.717) is 6.42 Å². The van der Waals surface area contributed by atoms with E-state index in [2.05, 4.69) is 58.2 Å².